The number of allylic oxidation sites excluding steroid dienone is 2. The number of nitrogens with zero attached hydrogens (tertiary/aromatic N) is 3. The molecule has 3 nitrogen and oxygen atoms in total. The van der Waals surface area contributed by atoms with Gasteiger partial charge in [0.15, 0.2) is 0 Å². The predicted octanol–water partition coefficient (Wildman–Crippen LogP) is 5.15. The van der Waals surface area contributed by atoms with E-state index in [9.17, 15) is 13.2 Å². The molecule has 1 heterocycles. The van der Waals surface area contributed by atoms with Crippen molar-refractivity contribution >= 4 is 22.8 Å². The fourth-order valence-electron chi connectivity index (χ4n) is 2.55. The molecule has 0 atom stereocenters. The van der Waals surface area contributed by atoms with Gasteiger partial charge in [0.25, 0.3) is 0 Å². The van der Waals surface area contributed by atoms with E-state index in [4.69, 9.17) is 0 Å². The Balaban J connectivity index is 2.05. The lowest BCUT2D eigenvalue weighted by Crippen LogP contribution is -2.04. The van der Waals surface area contributed by atoms with E-state index in [0.717, 1.165) is 34.3 Å². The van der Waals surface area contributed by atoms with E-state index in [1.165, 1.54) is 12.1 Å². The maximum atomic E-state index is 12.7. The third kappa shape index (κ3) is 3.47. The lowest BCUT2D eigenvalue weighted by Gasteiger charge is -2.09. The van der Waals surface area contributed by atoms with Crippen LogP contribution in [0, 0.1) is 0 Å². The quantitative estimate of drug-likeness (QED) is 0.605. The molecular weight excluding hydrogens is 327 g/mol. The number of imidazole rings is 1. The summed E-state index contributed by atoms with van der Waals surface area (Å²) in [5.74, 6) is 0. The minimum atomic E-state index is -4.34. The van der Waals surface area contributed by atoms with Crippen LogP contribution in [0.15, 0.2) is 59.9 Å². The van der Waals surface area contributed by atoms with Crippen molar-refractivity contribution in [3.05, 3.63) is 66.0 Å². The number of halogens is 3. The van der Waals surface area contributed by atoms with Crippen LogP contribution in [0.3, 0.4) is 0 Å². The second-order valence-corrected chi connectivity index (χ2v) is 5.62. The van der Waals surface area contributed by atoms with E-state index < -0.39 is 11.7 Å². The topological polar surface area (TPSA) is 30.2 Å². The number of hydrogen-bond acceptors (Lipinski definition) is 2. The highest BCUT2D eigenvalue weighted by atomic mass is 19.4. The molecule has 0 amide bonds. The summed E-state index contributed by atoms with van der Waals surface area (Å²) in [6.45, 7) is 1.97. The van der Waals surface area contributed by atoms with Crippen molar-refractivity contribution in [2.24, 2.45) is 4.99 Å². The molecule has 0 saturated heterocycles. The van der Waals surface area contributed by atoms with Crippen molar-refractivity contribution in [1.29, 1.82) is 0 Å². The standard InChI is InChI=1S/C19H16F3N3/c1-13(9-10-23-2)14-3-8-17-18(11-14)25(12-24-17)16-6-4-15(5-7-16)19(20,21)22/h3-12H,1-2H3/b13-9+,23-10?. The Bertz CT molecular complexity index is 948. The van der Waals surface area contributed by atoms with Crippen molar-refractivity contribution in [2.75, 3.05) is 7.05 Å². The molecule has 3 aromatic rings. The molecular formula is C19H16F3N3. The van der Waals surface area contributed by atoms with Gasteiger partial charge in [-0.1, -0.05) is 6.07 Å². The molecule has 0 aliphatic heterocycles. The Morgan fingerprint density at radius 1 is 1.12 bits per heavy atom. The molecule has 0 radical (unpaired) electrons. The number of alkyl halides is 3. The maximum absolute atomic E-state index is 12.7. The summed E-state index contributed by atoms with van der Waals surface area (Å²) in [6, 6.07) is 10.9. The molecule has 0 aliphatic carbocycles. The van der Waals surface area contributed by atoms with Crippen molar-refractivity contribution in [3.63, 3.8) is 0 Å². The Kier molecular flexibility index (Phi) is 4.44. The molecule has 0 unspecified atom stereocenters. The van der Waals surface area contributed by atoms with Crippen LogP contribution < -0.4 is 0 Å². The van der Waals surface area contributed by atoms with Gasteiger partial charge >= 0.3 is 6.18 Å². The van der Waals surface area contributed by atoms with Crippen LogP contribution in [0.2, 0.25) is 0 Å². The third-order valence-electron chi connectivity index (χ3n) is 3.95. The van der Waals surface area contributed by atoms with E-state index >= 15 is 0 Å². The average Bonchev–Trinajstić information content (AvgIpc) is 3.02. The average molecular weight is 343 g/mol. The number of fused-ring (bicyclic) bond motifs is 1. The molecule has 25 heavy (non-hydrogen) atoms. The Morgan fingerprint density at radius 3 is 2.48 bits per heavy atom. The van der Waals surface area contributed by atoms with Gasteiger partial charge in [-0.05, 0) is 60.5 Å². The van der Waals surface area contributed by atoms with Gasteiger partial charge in [-0.15, -0.1) is 0 Å². The van der Waals surface area contributed by atoms with Crippen LogP contribution in [0.5, 0.6) is 0 Å². The zero-order chi connectivity index (χ0) is 18.0. The molecule has 0 N–H and O–H groups in total. The van der Waals surface area contributed by atoms with E-state index in [2.05, 4.69) is 9.98 Å². The number of aliphatic imine (C=N–C) groups is 1. The number of rotatable bonds is 3. The van der Waals surface area contributed by atoms with Crippen molar-refractivity contribution in [2.45, 2.75) is 13.1 Å². The highest BCUT2D eigenvalue weighted by Gasteiger charge is 2.30. The first-order valence-corrected chi connectivity index (χ1v) is 7.64. The fraction of sp³-hybridized carbons (Fsp3) is 0.158. The summed E-state index contributed by atoms with van der Waals surface area (Å²) in [7, 11) is 1.70. The number of hydrogen-bond donors (Lipinski definition) is 0. The third-order valence-corrected chi connectivity index (χ3v) is 3.95. The van der Waals surface area contributed by atoms with Gasteiger partial charge in [0.05, 0.1) is 16.6 Å². The lowest BCUT2D eigenvalue weighted by atomic mass is 10.1. The van der Waals surface area contributed by atoms with Gasteiger partial charge in [0.1, 0.15) is 6.33 Å². The summed E-state index contributed by atoms with van der Waals surface area (Å²) in [6.07, 6.45) is 0.891. The van der Waals surface area contributed by atoms with Gasteiger partial charge in [0, 0.05) is 18.9 Å². The van der Waals surface area contributed by atoms with E-state index in [1.54, 1.807) is 24.2 Å². The van der Waals surface area contributed by atoms with Crippen LogP contribution in [0.1, 0.15) is 18.1 Å². The summed E-state index contributed by atoms with van der Waals surface area (Å²) in [4.78, 5) is 8.26. The Morgan fingerprint density at radius 2 is 1.84 bits per heavy atom. The van der Waals surface area contributed by atoms with E-state index in [0.29, 0.717) is 5.69 Å². The summed E-state index contributed by atoms with van der Waals surface area (Å²) in [5, 5.41) is 0. The smallest absolute Gasteiger partial charge is 0.299 e. The van der Waals surface area contributed by atoms with E-state index in [-0.39, 0.29) is 0 Å². The van der Waals surface area contributed by atoms with Crippen molar-refractivity contribution < 1.29 is 13.2 Å². The lowest BCUT2D eigenvalue weighted by molar-refractivity contribution is -0.137. The number of benzene rings is 2. The summed E-state index contributed by atoms with van der Waals surface area (Å²) < 4.78 is 39.9. The normalized spacial score (nSPS) is 13.1. The molecule has 3 rings (SSSR count). The van der Waals surface area contributed by atoms with Crippen LogP contribution in [-0.4, -0.2) is 22.8 Å². The monoisotopic (exact) mass is 343 g/mol. The summed E-state index contributed by atoms with van der Waals surface area (Å²) >= 11 is 0. The first-order chi connectivity index (χ1) is 11.9. The molecule has 1 aromatic heterocycles. The van der Waals surface area contributed by atoms with E-state index in [1.807, 2.05) is 31.2 Å². The molecule has 128 valence electrons. The van der Waals surface area contributed by atoms with Crippen molar-refractivity contribution in [1.82, 2.24) is 9.55 Å². The second-order valence-electron chi connectivity index (χ2n) is 5.62. The minimum Gasteiger partial charge on any atom is -0.299 e. The van der Waals surface area contributed by atoms with Gasteiger partial charge in [-0.3, -0.25) is 9.56 Å². The zero-order valence-electron chi connectivity index (χ0n) is 13.7. The first kappa shape index (κ1) is 17.0. The SMILES string of the molecule is CN=C/C=C(\C)c1ccc2ncn(-c3ccc(C(F)(F)F)cc3)c2c1. The molecule has 0 aliphatic rings. The molecule has 6 heteroatoms. The van der Waals surface area contributed by atoms with Crippen LogP contribution in [0.4, 0.5) is 13.2 Å². The van der Waals surface area contributed by atoms with Crippen molar-refractivity contribution in [3.8, 4) is 5.69 Å². The minimum absolute atomic E-state index is 0.629. The second kappa shape index (κ2) is 6.55. The molecule has 0 fully saturated rings. The molecule has 0 spiro atoms. The largest absolute Gasteiger partial charge is 0.416 e. The fourth-order valence-corrected chi connectivity index (χ4v) is 2.55. The van der Waals surface area contributed by atoms with Crippen LogP contribution in [-0.2, 0) is 6.18 Å². The van der Waals surface area contributed by atoms with Gasteiger partial charge in [-0.2, -0.15) is 13.2 Å². The first-order valence-electron chi connectivity index (χ1n) is 7.64. The Hall–Kier alpha value is -2.89. The molecule has 0 bridgehead atoms. The van der Waals surface area contributed by atoms with Crippen LogP contribution >= 0.6 is 0 Å². The van der Waals surface area contributed by atoms with Gasteiger partial charge in [0.2, 0.25) is 0 Å². The molecule has 2 aromatic carbocycles. The molecule has 0 saturated carbocycles. The van der Waals surface area contributed by atoms with Crippen LogP contribution in [0.25, 0.3) is 22.3 Å². The predicted molar refractivity (Wildman–Crippen MR) is 94.1 cm³/mol. The maximum Gasteiger partial charge on any atom is 0.416 e. The highest BCUT2D eigenvalue weighted by Crippen LogP contribution is 2.30. The Labute approximate surface area is 143 Å². The number of aromatic nitrogens is 2. The summed E-state index contributed by atoms with van der Waals surface area (Å²) in [5.41, 5.74) is 3.61. The van der Waals surface area contributed by atoms with Gasteiger partial charge < -0.3 is 0 Å². The zero-order valence-corrected chi connectivity index (χ0v) is 13.7. The van der Waals surface area contributed by atoms with Gasteiger partial charge in [-0.25, -0.2) is 4.98 Å². The highest BCUT2D eigenvalue weighted by molar-refractivity contribution is 5.87.